The van der Waals surface area contributed by atoms with Crippen LogP contribution in [0.5, 0.6) is 0 Å². The average molecular weight is 223 g/mol. The number of hydrogen-bond acceptors (Lipinski definition) is 3. The van der Waals surface area contributed by atoms with Crippen LogP contribution in [-0.4, -0.2) is 4.98 Å². The molecule has 0 bridgehead atoms. The third-order valence-electron chi connectivity index (χ3n) is 2.74. The second kappa shape index (κ2) is 3.71. The van der Waals surface area contributed by atoms with Crippen LogP contribution in [0.4, 0.5) is 0 Å². The van der Waals surface area contributed by atoms with Crippen molar-refractivity contribution in [3.63, 3.8) is 0 Å². The highest BCUT2D eigenvalue weighted by molar-refractivity contribution is 7.11. The fourth-order valence-electron chi connectivity index (χ4n) is 1.84. The molecule has 0 saturated carbocycles. The number of hydrogen-bond donors (Lipinski definition) is 0. The van der Waals surface area contributed by atoms with Crippen LogP contribution in [0, 0.1) is 0 Å². The summed E-state index contributed by atoms with van der Waals surface area (Å²) in [6.45, 7) is 6.33. The van der Waals surface area contributed by atoms with Gasteiger partial charge < -0.3 is 0 Å². The van der Waals surface area contributed by atoms with Crippen LogP contribution >= 0.6 is 11.3 Å². The normalized spacial score (nSPS) is 16.2. The second-order valence-corrected chi connectivity index (χ2v) is 6.27. The molecule has 1 aliphatic carbocycles. The Balaban J connectivity index is 2.55. The van der Waals surface area contributed by atoms with E-state index < -0.39 is 0 Å². The minimum atomic E-state index is -0.00367. The van der Waals surface area contributed by atoms with E-state index in [0.29, 0.717) is 0 Å². The lowest BCUT2D eigenvalue weighted by Gasteiger charge is -2.20. The lowest BCUT2D eigenvalue weighted by atomic mass is 9.97. The van der Waals surface area contributed by atoms with Crippen molar-refractivity contribution in [1.82, 2.24) is 4.98 Å². The summed E-state index contributed by atoms with van der Waals surface area (Å²) in [6, 6.07) is 0. The van der Waals surface area contributed by atoms with E-state index in [1.807, 2.05) is 0 Å². The Hall–Kier alpha value is -0.700. The molecule has 0 aromatic carbocycles. The van der Waals surface area contributed by atoms with Gasteiger partial charge in [-0.3, -0.25) is 4.79 Å². The first kappa shape index (κ1) is 10.8. The Kier molecular flexibility index (Phi) is 2.67. The Morgan fingerprint density at radius 1 is 1.20 bits per heavy atom. The van der Waals surface area contributed by atoms with Crippen molar-refractivity contribution in [1.29, 1.82) is 0 Å². The summed E-state index contributed by atoms with van der Waals surface area (Å²) in [5, 5.41) is 0.980. The molecule has 1 aliphatic rings. The van der Waals surface area contributed by atoms with Gasteiger partial charge in [-0.1, -0.05) is 20.8 Å². The molecule has 0 saturated heterocycles. The van der Waals surface area contributed by atoms with Gasteiger partial charge in [0.15, 0.2) is 0 Å². The largest absolute Gasteiger partial charge is 0.275 e. The monoisotopic (exact) mass is 223 g/mol. The Morgan fingerprint density at radius 3 is 2.53 bits per heavy atom. The molecule has 1 aromatic heterocycles. The van der Waals surface area contributed by atoms with Crippen LogP contribution in [-0.2, 0) is 18.3 Å². The molecule has 0 amide bonds. The maximum atomic E-state index is 11.8. The molecule has 0 radical (unpaired) electrons. The molecule has 2 nitrogen and oxygen atoms in total. The van der Waals surface area contributed by atoms with Gasteiger partial charge in [-0.25, -0.2) is 4.98 Å². The predicted octanol–water partition coefficient (Wildman–Crippen LogP) is 2.68. The van der Waals surface area contributed by atoms with E-state index >= 15 is 0 Å². The van der Waals surface area contributed by atoms with E-state index in [2.05, 4.69) is 25.8 Å². The molecule has 1 aromatic rings. The molecule has 1 heterocycles. The van der Waals surface area contributed by atoms with Gasteiger partial charge >= 0.3 is 0 Å². The maximum Gasteiger partial charge on any atom is 0.275 e. The first-order valence-corrected chi connectivity index (χ1v) is 6.33. The molecule has 82 valence electrons. The molecule has 0 aliphatic heterocycles. The first-order valence-electron chi connectivity index (χ1n) is 5.52. The third-order valence-corrected chi connectivity index (χ3v) is 4.33. The zero-order chi connectivity index (χ0) is 11.1. The van der Waals surface area contributed by atoms with Crippen molar-refractivity contribution < 1.29 is 0 Å². The molecule has 0 N–H and O–H groups in total. The van der Waals surface area contributed by atoms with Crippen LogP contribution in [0.1, 0.15) is 49.1 Å². The van der Waals surface area contributed by atoms with E-state index in [0.717, 1.165) is 29.8 Å². The zero-order valence-electron chi connectivity index (χ0n) is 9.59. The summed E-state index contributed by atoms with van der Waals surface area (Å²) in [5.74, 6) is 0. The van der Waals surface area contributed by atoms with Crippen molar-refractivity contribution in [2.24, 2.45) is 0 Å². The lowest BCUT2D eigenvalue weighted by Crippen LogP contribution is -2.23. The van der Waals surface area contributed by atoms with E-state index in [1.54, 1.807) is 11.3 Å². The molecule has 0 atom stereocenters. The summed E-state index contributed by atoms with van der Waals surface area (Å²) >= 11 is 1.73. The highest BCUT2D eigenvalue weighted by atomic mass is 32.1. The van der Waals surface area contributed by atoms with Gasteiger partial charge in [0.1, 0.15) is 5.01 Å². The second-order valence-electron chi connectivity index (χ2n) is 5.18. The van der Waals surface area contributed by atoms with E-state index in [1.165, 1.54) is 11.3 Å². The molecular weight excluding hydrogens is 206 g/mol. The minimum absolute atomic E-state index is 0.00367. The first-order chi connectivity index (χ1) is 6.98. The smallest absolute Gasteiger partial charge is 0.267 e. The molecule has 0 fully saturated rings. The van der Waals surface area contributed by atoms with Gasteiger partial charge in [0.05, 0.1) is 0 Å². The quantitative estimate of drug-likeness (QED) is 0.677. The summed E-state index contributed by atoms with van der Waals surface area (Å²) in [4.78, 5) is 17.3. The summed E-state index contributed by atoms with van der Waals surface area (Å²) in [7, 11) is 0. The maximum absolute atomic E-state index is 11.8. The van der Waals surface area contributed by atoms with Gasteiger partial charge in [0.25, 0.3) is 5.56 Å². The van der Waals surface area contributed by atoms with Crippen molar-refractivity contribution in [3.05, 3.63) is 25.8 Å². The molecule has 2 rings (SSSR count). The fourth-order valence-corrected chi connectivity index (χ4v) is 3.06. The van der Waals surface area contributed by atoms with Gasteiger partial charge in [-0.05, 0) is 25.7 Å². The van der Waals surface area contributed by atoms with Crippen molar-refractivity contribution in [2.75, 3.05) is 0 Å². The lowest BCUT2D eigenvalue weighted by molar-refractivity contribution is 0.578. The van der Waals surface area contributed by atoms with Crippen molar-refractivity contribution >= 4 is 11.3 Å². The average Bonchev–Trinajstić information content (AvgIpc) is 2.16. The van der Waals surface area contributed by atoms with Gasteiger partial charge in [-0.2, -0.15) is 0 Å². The molecular formula is C12H17NOS. The summed E-state index contributed by atoms with van der Waals surface area (Å²) in [5.41, 5.74) is 1.00. The van der Waals surface area contributed by atoms with E-state index in [4.69, 9.17) is 0 Å². The number of aromatic nitrogens is 1. The van der Waals surface area contributed by atoms with Crippen molar-refractivity contribution in [3.8, 4) is 0 Å². The topological polar surface area (TPSA) is 30.0 Å². The van der Waals surface area contributed by atoms with Gasteiger partial charge in [0, 0.05) is 15.9 Å². The molecule has 0 unspecified atom stereocenters. The van der Waals surface area contributed by atoms with Crippen LogP contribution < -0.4 is 5.56 Å². The van der Waals surface area contributed by atoms with Crippen LogP contribution in [0.2, 0.25) is 0 Å². The van der Waals surface area contributed by atoms with Crippen molar-refractivity contribution in [2.45, 2.75) is 51.9 Å². The SMILES string of the molecule is CC(C)(C)c1nc(=O)c2c(s1)CCCC2. The highest BCUT2D eigenvalue weighted by Gasteiger charge is 2.22. The van der Waals surface area contributed by atoms with Gasteiger partial charge in [-0.15, -0.1) is 11.3 Å². The molecule has 0 spiro atoms. The summed E-state index contributed by atoms with van der Waals surface area (Å²) < 4.78 is 0. The zero-order valence-corrected chi connectivity index (χ0v) is 10.4. The van der Waals surface area contributed by atoms with Crippen LogP contribution in [0.15, 0.2) is 4.79 Å². The predicted molar refractivity (Wildman–Crippen MR) is 63.7 cm³/mol. The highest BCUT2D eigenvalue weighted by Crippen LogP contribution is 2.29. The summed E-state index contributed by atoms with van der Waals surface area (Å²) in [6.07, 6.45) is 4.37. The van der Waals surface area contributed by atoms with Crippen LogP contribution in [0.25, 0.3) is 0 Å². The van der Waals surface area contributed by atoms with E-state index in [-0.39, 0.29) is 11.0 Å². The number of nitrogens with zero attached hydrogens (tertiary/aromatic N) is 1. The van der Waals surface area contributed by atoms with Gasteiger partial charge in [0.2, 0.25) is 0 Å². The third kappa shape index (κ3) is 2.12. The standard InChI is InChI=1S/C12H17NOS/c1-12(2,3)11-13-10(14)8-6-4-5-7-9(8)15-11/h4-7H2,1-3H3. The minimum Gasteiger partial charge on any atom is -0.267 e. The molecule has 3 heteroatoms. The Bertz CT molecular complexity index is 428. The van der Waals surface area contributed by atoms with E-state index in [9.17, 15) is 4.79 Å². The van der Waals surface area contributed by atoms with Crippen LogP contribution in [0.3, 0.4) is 0 Å². The Labute approximate surface area is 94.4 Å². The number of aryl methyl sites for hydroxylation is 1. The number of fused-ring (bicyclic) bond motifs is 1. The number of rotatable bonds is 0. The fraction of sp³-hybridized carbons (Fsp3) is 0.667. The Morgan fingerprint density at radius 2 is 1.87 bits per heavy atom. The molecule has 15 heavy (non-hydrogen) atoms.